The predicted molar refractivity (Wildman–Crippen MR) is 85.5 cm³/mol. The van der Waals surface area contributed by atoms with Crippen molar-refractivity contribution in [3.05, 3.63) is 29.3 Å². The summed E-state index contributed by atoms with van der Waals surface area (Å²) in [6.45, 7) is 7.11. The molecule has 2 atom stereocenters. The van der Waals surface area contributed by atoms with Gasteiger partial charge in [0, 0.05) is 29.7 Å². The van der Waals surface area contributed by atoms with Crippen molar-refractivity contribution in [1.82, 2.24) is 5.32 Å². The van der Waals surface area contributed by atoms with Gasteiger partial charge in [-0.25, -0.2) is 0 Å². The molecule has 0 radical (unpaired) electrons. The second kappa shape index (κ2) is 7.91. The lowest BCUT2D eigenvalue weighted by Gasteiger charge is -2.16. The van der Waals surface area contributed by atoms with Crippen LogP contribution in [0.5, 0.6) is 5.75 Å². The van der Waals surface area contributed by atoms with E-state index >= 15 is 0 Å². The molecule has 1 aliphatic heterocycles. The van der Waals surface area contributed by atoms with Gasteiger partial charge in [-0.05, 0) is 37.6 Å². The van der Waals surface area contributed by atoms with Crippen molar-refractivity contribution in [2.24, 2.45) is 0 Å². The molecule has 0 bridgehead atoms. The monoisotopic (exact) mass is 295 g/mol. The van der Waals surface area contributed by atoms with E-state index in [1.54, 1.807) is 7.11 Å². The maximum atomic E-state index is 5.63. The molecule has 0 aromatic heterocycles. The zero-order chi connectivity index (χ0) is 14.4. The number of methoxy groups -OCH3 is 1. The third-order valence-corrected chi connectivity index (χ3v) is 5.21. The van der Waals surface area contributed by atoms with Crippen LogP contribution in [-0.2, 0) is 17.0 Å². The molecule has 0 aliphatic carbocycles. The number of thioether (sulfide) groups is 1. The standard InChI is InChI=1S/C16H25NO2S/c1-4-17-10-13-5-6-15(18-3)14(9-13)11-20-16-7-8-19-12(16)2/h5-6,9,12,16-17H,4,7-8,10-11H2,1-3H3. The van der Waals surface area contributed by atoms with Gasteiger partial charge in [0.15, 0.2) is 0 Å². The fourth-order valence-electron chi connectivity index (χ4n) is 2.45. The van der Waals surface area contributed by atoms with Crippen LogP contribution in [0.1, 0.15) is 31.4 Å². The Balaban J connectivity index is 2.00. The Kier molecular flexibility index (Phi) is 6.20. The zero-order valence-electron chi connectivity index (χ0n) is 12.6. The summed E-state index contributed by atoms with van der Waals surface area (Å²) < 4.78 is 11.1. The first kappa shape index (κ1) is 15.7. The Labute approximate surface area is 126 Å². The molecule has 0 amide bonds. The van der Waals surface area contributed by atoms with Crippen molar-refractivity contribution in [2.75, 3.05) is 20.3 Å². The first-order chi connectivity index (χ1) is 9.74. The molecule has 112 valence electrons. The van der Waals surface area contributed by atoms with Crippen molar-refractivity contribution in [3.8, 4) is 5.75 Å². The maximum absolute atomic E-state index is 5.63. The normalized spacial score (nSPS) is 22.1. The smallest absolute Gasteiger partial charge is 0.122 e. The molecule has 0 spiro atoms. The topological polar surface area (TPSA) is 30.5 Å². The van der Waals surface area contributed by atoms with Gasteiger partial charge in [-0.15, -0.1) is 0 Å². The maximum Gasteiger partial charge on any atom is 0.122 e. The number of rotatable bonds is 7. The molecule has 1 saturated heterocycles. The number of ether oxygens (including phenoxy) is 2. The second-order valence-electron chi connectivity index (χ2n) is 5.14. The molecule has 1 aliphatic rings. The highest BCUT2D eigenvalue weighted by molar-refractivity contribution is 7.99. The fourth-order valence-corrected chi connectivity index (χ4v) is 3.68. The summed E-state index contributed by atoms with van der Waals surface area (Å²) >= 11 is 1.98. The van der Waals surface area contributed by atoms with E-state index in [-0.39, 0.29) is 0 Å². The molecule has 1 N–H and O–H groups in total. The molecule has 3 nitrogen and oxygen atoms in total. The van der Waals surface area contributed by atoms with Gasteiger partial charge in [-0.2, -0.15) is 11.8 Å². The average Bonchev–Trinajstić information content (AvgIpc) is 2.88. The van der Waals surface area contributed by atoms with E-state index in [9.17, 15) is 0 Å². The molecular weight excluding hydrogens is 270 g/mol. The van der Waals surface area contributed by atoms with E-state index in [4.69, 9.17) is 9.47 Å². The molecule has 2 rings (SSSR count). The van der Waals surface area contributed by atoms with E-state index < -0.39 is 0 Å². The Bertz CT molecular complexity index is 425. The zero-order valence-corrected chi connectivity index (χ0v) is 13.5. The quantitative estimate of drug-likeness (QED) is 0.837. The largest absolute Gasteiger partial charge is 0.496 e. The molecule has 1 fully saturated rings. The Morgan fingerprint density at radius 2 is 2.30 bits per heavy atom. The second-order valence-corrected chi connectivity index (χ2v) is 6.37. The van der Waals surface area contributed by atoms with Gasteiger partial charge in [0.25, 0.3) is 0 Å². The molecule has 20 heavy (non-hydrogen) atoms. The molecule has 1 aromatic carbocycles. The molecule has 1 heterocycles. The van der Waals surface area contributed by atoms with Crippen molar-refractivity contribution in [1.29, 1.82) is 0 Å². The van der Waals surface area contributed by atoms with Crippen molar-refractivity contribution in [3.63, 3.8) is 0 Å². The van der Waals surface area contributed by atoms with Crippen LogP contribution in [0.2, 0.25) is 0 Å². The Morgan fingerprint density at radius 3 is 2.95 bits per heavy atom. The minimum atomic E-state index is 0.371. The molecule has 4 heteroatoms. The average molecular weight is 295 g/mol. The third kappa shape index (κ3) is 4.14. The van der Waals surface area contributed by atoms with Gasteiger partial charge in [-0.1, -0.05) is 13.0 Å². The third-order valence-electron chi connectivity index (χ3n) is 3.68. The lowest BCUT2D eigenvalue weighted by atomic mass is 10.1. The van der Waals surface area contributed by atoms with Crippen LogP contribution in [0.3, 0.4) is 0 Å². The van der Waals surface area contributed by atoms with Crippen molar-refractivity contribution in [2.45, 2.75) is 43.9 Å². The molecular formula is C16H25NO2S. The number of hydrogen-bond donors (Lipinski definition) is 1. The molecule has 1 aromatic rings. The van der Waals surface area contributed by atoms with E-state index in [0.29, 0.717) is 11.4 Å². The van der Waals surface area contributed by atoms with E-state index in [1.807, 2.05) is 11.8 Å². The van der Waals surface area contributed by atoms with Crippen LogP contribution in [0, 0.1) is 0 Å². The lowest BCUT2D eigenvalue weighted by molar-refractivity contribution is 0.127. The number of benzene rings is 1. The highest BCUT2D eigenvalue weighted by atomic mass is 32.2. The number of nitrogens with one attached hydrogen (secondary N) is 1. The van der Waals surface area contributed by atoms with Crippen LogP contribution in [0.25, 0.3) is 0 Å². The fraction of sp³-hybridized carbons (Fsp3) is 0.625. The minimum absolute atomic E-state index is 0.371. The van der Waals surface area contributed by atoms with Crippen molar-refractivity contribution >= 4 is 11.8 Å². The summed E-state index contributed by atoms with van der Waals surface area (Å²) in [4.78, 5) is 0. The van der Waals surface area contributed by atoms with E-state index in [0.717, 1.165) is 37.6 Å². The predicted octanol–water partition coefficient (Wildman–Crippen LogP) is 3.22. The SMILES string of the molecule is CCNCc1ccc(OC)c(CSC2CCOC2C)c1. The first-order valence-electron chi connectivity index (χ1n) is 7.34. The lowest BCUT2D eigenvalue weighted by Crippen LogP contribution is -2.14. The van der Waals surface area contributed by atoms with E-state index in [1.165, 1.54) is 11.1 Å². The molecule has 0 saturated carbocycles. The van der Waals surface area contributed by atoms with Crippen LogP contribution in [0.15, 0.2) is 18.2 Å². The van der Waals surface area contributed by atoms with Crippen LogP contribution < -0.4 is 10.1 Å². The van der Waals surface area contributed by atoms with Gasteiger partial charge in [-0.3, -0.25) is 0 Å². The molecule has 2 unspecified atom stereocenters. The Hall–Kier alpha value is -0.710. The number of hydrogen-bond acceptors (Lipinski definition) is 4. The summed E-state index contributed by atoms with van der Waals surface area (Å²) in [5.74, 6) is 1.98. The summed E-state index contributed by atoms with van der Waals surface area (Å²) in [5.41, 5.74) is 2.60. The highest BCUT2D eigenvalue weighted by Crippen LogP contribution is 2.32. The first-order valence-corrected chi connectivity index (χ1v) is 8.39. The van der Waals surface area contributed by atoms with Gasteiger partial charge in [0.05, 0.1) is 13.2 Å². The summed E-state index contributed by atoms with van der Waals surface area (Å²) in [7, 11) is 1.74. The van der Waals surface area contributed by atoms with E-state index in [2.05, 4.69) is 37.4 Å². The van der Waals surface area contributed by atoms with Crippen LogP contribution >= 0.6 is 11.8 Å². The Morgan fingerprint density at radius 1 is 1.45 bits per heavy atom. The van der Waals surface area contributed by atoms with Crippen LogP contribution in [-0.4, -0.2) is 31.6 Å². The van der Waals surface area contributed by atoms with Crippen molar-refractivity contribution < 1.29 is 9.47 Å². The summed E-state index contributed by atoms with van der Waals surface area (Å²) in [6.07, 6.45) is 1.53. The summed E-state index contributed by atoms with van der Waals surface area (Å²) in [6, 6.07) is 6.48. The summed E-state index contributed by atoms with van der Waals surface area (Å²) in [5, 5.41) is 3.97. The van der Waals surface area contributed by atoms with Gasteiger partial charge < -0.3 is 14.8 Å². The van der Waals surface area contributed by atoms with Gasteiger partial charge in [0.2, 0.25) is 0 Å². The van der Waals surface area contributed by atoms with Gasteiger partial charge in [0.1, 0.15) is 5.75 Å². The van der Waals surface area contributed by atoms with Gasteiger partial charge >= 0.3 is 0 Å². The highest BCUT2D eigenvalue weighted by Gasteiger charge is 2.24. The van der Waals surface area contributed by atoms with Crippen LogP contribution in [0.4, 0.5) is 0 Å². The minimum Gasteiger partial charge on any atom is -0.496 e.